The van der Waals surface area contributed by atoms with Crippen molar-refractivity contribution < 1.29 is 24.1 Å². The van der Waals surface area contributed by atoms with Gasteiger partial charge in [-0.3, -0.25) is 4.79 Å². The molecule has 9 nitrogen and oxygen atoms in total. The van der Waals surface area contributed by atoms with Crippen LogP contribution < -0.4 is 19.8 Å². The number of carboxylic acid groups (broad SMARTS) is 1. The summed E-state index contributed by atoms with van der Waals surface area (Å²) >= 11 is 3.60. The molecule has 0 fully saturated rings. The third kappa shape index (κ3) is 6.61. The van der Waals surface area contributed by atoms with E-state index in [0.717, 1.165) is 28.0 Å². The Morgan fingerprint density at radius 3 is 2.38 bits per heavy atom. The van der Waals surface area contributed by atoms with Crippen LogP contribution in [0, 0.1) is 6.92 Å². The molecule has 1 N–H and O–H groups in total. The monoisotopic (exact) mass is 669 g/mol. The highest BCUT2D eigenvalue weighted by Gasteiger charge is 2.19. The highest BCUT2D eigenvalue weighted by Crippen LogP contribution is 2.35. The fourth-order valence-electron chi connectivity index (χ4n) is 4.92. The molecule has 5 rings (SSSR count). The van der Waals surface area contributed by atoms with Crippen LogP contribution in [0.1, 0.15) is 52.4 Å². The minimum atomic E-state index is -0.987. The maximum atomic E-state index is 13.8. The zero-order valence-corrected chi connectivity index (χ0v) is 27.1. The molecule has 10 heteroatoms. The zero-order valence-electron chi connectivity index (χ0n) is 25.5. The average molecular weight is 671 g/mol. The van der Waals surface area contributed by atoms with Crippen LogP contribution in [0.25, 0.3) is 22.3 Å². The summed E-state index contributed by atoms with van der Waals surface area (Å²) in [7, 11) is 3.18. The van der Waals surface area contributed by atoms with Crippen LogP contribution in [0.4, 0.5) is 0 Å². The van der Waals surface area contributed by atoms with Gasteiger partial charge in [-0.05, 0) is 94.0 Å². The van der Waals surface area contributed by atoms with Crippen molar-refractivity contribution >= 4 is 39.0 Å². The summed E-state index contributed by atoms with van der Waals surface area (Å²) in [6.45, 7) is 6.34. The van der Waals surface area contributed by atoms with Crippen molar-refractivity contribution in [3.63, 3.8) is 0 Å². The van der Waals surface area contributed by atoms with Crippen LogP contribution in [0.2, 0.25) is 0 Å². The molecule has 0 aliphatic carbocycles. The molecular weight excluding hydrogens is 638 g/mol. The fraction of sp³-hybridized carbons (Fsp3) is 0.200. The number of hydrogen-bond donors (Lipinski definition) is 1. The van der Waals surface area contributed by atoms with Crippen molar-refractivity contribution in [1.82, 2.24) is 9.66 Å². The second-order valence-corrected chi connectivity index (χ2v) is 11.5. The SMILES string of the molecule is COc1cc(C=Nn2c(-c3cc(C(C)C)c(OC)cc3C)nc3ccccc3c2=O)c(Br)cc1OCc1ccc(C(=O)O)cc1. The predicted octanol–water partition coefficient (Wildman–Crippen LogP) is 7.43. The molecule has 0 bridgehead atoms. The lowest BCUT2D eigenvalue weighted by molar-refractivity contribution is 0.0697. The Morgan fingerprint density at radius 2 is 1.71 bits per heavy atom. The van der Waals surface area contributed by atoms with Crippen LogP contribution in [-0.4, -0.2) is 41.2 Å². The minimum absolute atomic E-state index is 0.177. The van der Waals surface area contributed by atoms with Crippen molar-refractivity contribution in [2.24, 2.45) is 5.10 Å². The Balaban J connectivity index is 1.55. The predicted molar refractivity (Wildman–Crippen MR) is 178 cm³/mol. The second kappa shape index (κ2) is 13.4. The van der Waals surface area contributed by atoms with Crippen molar-refractivity contribution in [1.29, 1.82) is 0 Å². The highest BCUT2D eigenvalue weighted by molar-refractivity contribution is 9.10. The molecule has 45 heavy (non-hydrogen) atoms. The van der Waals surface area contributed by atoms with Gasteiger partial charge < -0.3 is 19.3 Å². The van der Waals surface area contributed by atoms with E-state index in [1.54, 1.807) is 49.7 Å². The van der Waals surface area contributed by atoms with E-state index >= 15 is 0 Å². The van der Waals surface area contributed by atoms with Crippen LogP contribution >= 0.6 is 15.9 Å². The van der Waals surface area contributed by atoms with Gasteiger partial charge in [0.2, 0.25) is 0 Å². The summed E-state index contributed by atoms with van der Waals surface area (Å²) in [5.41, 5.74) is 4.59. The number of hydrogen-bond acceptors (Lipinski definition) is 7. The van der Waals surface area contributed by atoms with Crippen LogP contribution in [-0.2, 0) is 6.61 Å². The Labute approximate surface area is 268 Å². The molecule has 0 atom stereocenters. The molecule has 0 radical (unpaired) electrons. The maximum absolute atomic E-state index is 13.8. The largest absolute Gasteiger partial charge is 0.496 e. The Kier molecular flexibility index (Phi) is 9.34. The van der Waals surface area contributed by atoms with Gasteiger partial charge in [-0.15, -0.1) is 0 Å². The van der Waals surface area contributed by atoms with E-state index in [1.165, 1.54) is 23.9 Å². The summed E-state index contributed by atoms with van der Waals surface area (Å²) in [6.07, 6.45) is 1.57. The van der Waals surface area contributed by atoms with Gasteiger partial charge in [0.25, 0.3) is 5.56 Å². The summed E-state index contributed by atoms with van der Waals surface area (Å²) in [6, 6.07) is 21.2. The number of ether oxygens (including phenoxy) is 3. The molecule has 0 unspecified atom stereocenters. The van der Waals surface area contributed by atoms with Crippen LogP contribution in [0.5, 0.6) is 17.2 Å². The summed E-state index contributed by atoms with van der Waals surface area (Å²) < 4.78 is 19.2. The first-order chi connectivity index (χ1) is 21.6. The Morgan fingerprint density at radius 1 is 1.00 bits per heavy atom. The number of fused-ring (bicyclic) bond motifs is 1. The van der Waals surface area contributed by atoms with E-state index < -0.39 is 5.97 Å². The molecule has 0 saturated heterocycles. The topological polar surface area (TPSA) is 112 Å². The van der Waals surface area contributed by atoms with E-state index in [-0.39, 0.29) is 23.6 Å². The molecule has 1 aromatic heterocycles. The molecule has 4 aromatic carbocycles. The van der Waals surface area contributed by atoms with E-state index in [9.17, 15) is 9.59 Å². The number of halogens is 1. The first kappa shape index (κ1) is 31.5. The lowest BCUT2D eigenvalue weighted by atomic mass is 9.96. The van der Waals surface area contributed by atoms with Gasteiger partial charge >= 0.3 is 5.97 Å². The smallest absolute Gasteiger partial charge is 0.335 e. The highest BCUT2D eigenvalue weighted by atomic mass is 79.9. The number of carbonyl (C=O) groups is 1. The minimum Gasteiger partial charge on any atom is -0.496 e. The van der Waals surface area contributed by atoms with Crippen molar-refractivity contribution in [3.8, 4) is 28.6 Å². The van der Waals surface area contributed by atoms with Gasteiger partial charge in [0, 0.05) is 15.6 Å². The van der Waals surface area contributed by atoms with E-state index in [2.05, 4.69) is 34.9 Å². The number of rotatable bonds is 10. The summed E-state index contributed by atoms with van der Waals surface area (Å²) in [4.78, 5) is 29.9. The lowest BCUT2D eigenvalue weighted by Crippen LogP contribution is -2.21. The molecule has 230 valence electrons. The van der Waals surface area contributed by atoms with Gasteiger partial charge in [0.1, 0.15) is 12.4 Å². The van der Waals surface area contributed by atoms with Crippen molar-refractivity contribution in [2.45, 2.75) is 33.3 Å². The molecule has 0 aliphatic heterocycles. The number of carboxylic acids is 1. The first-order valence-corrected chi connectivity index (χ1v) is 15.0. The number of aromatic nitrogens is 2. The summed E-state index contributed by atoms with van der Waals surface area (Å²) in [5.74, 6) is 1.31. The maximum Gasteiger partial charge on any atom is 0.335 e. The fourth-order valence-corrected chi connectivity index (χ4v) is 5.34. The van der Waals surface area contributed by atoms with E-state index in [4.69, 9.17) is 24.3 Å². The molecule has 0 spiro atoms. The van der Waals surface area contributed by atoms with Gasteiger partial charge in [-0.2, -0.15) is 9.78 Å². The van der Waals surface area contributed by atoms with Crippen molar-refractivity contribution in [2.75, 3.05) is 14.2 Å². The van der Waals surface area contributed by atoms with E-state index in [0.29, 0.717) is 38.3 Å². The van der Waals surface area contributed by atoms with Crippen molar-refractivity contribution in [3.05, 3.63) is 115 Å². The number of para-hydroxylation sites is 1. The number of nitrogens with zero attached hydrogens (tertiary/aromatic N) is 3. The number of aromatic carboxylic acids is 1. The van der Waals surface area contributed by atoms with Gasteiger partial charge in [-0.1, -0.05) is 38.1 Å². The average Bonchev–Trinajstić information content (AvgIpc) is 3.03. The summed E-state index contributed by atoms with van der Waals surface area (Å²) in [5, 5.41) is 14.2. The lowest BCUT2D eigenvalue weighted by Gasteiger charge is -2.17. The normalized spacial score (nSPS) is 11.4. The Hall–Kier alpha value is -4.96. The Bertz CT molecular complexity index is 1980. The molecule has 0 saturated carbocycles. The number of methoxy groups -OCH3 is 2. The zero-order chi connectivity index (χ0) is 32.2. The second-order valence-electron chi connectivity index (χ2n) is 10.7. The number of aryl methyl sites for hydroxylation is 1. The number of benzene rings is 4. The third-order valence-electron chi connectivity index (χ3n) is 7.38. The molecule has 5 aromatic rings. The van der Waals surface area contributed by atoms with E-state index in [1.807, 2.05) is 31.2 Å². The standard InChI is InChI=1S/C35H32BrN3O6/c1-20(2)26-16-27(21(3)14-30(26)43-4)33-38-29-9-7-6-8-25(29)34(40)39(33)37-18-24-15-31(44-5)32(17-28(24)36)45-19-22-10-12-23(13-11-22)35(41)42/h6-18,20H,19H2,1-5H3,(H,41,42). The van der Waals surface area contributed by atoms with Crippen LogP contribution in [0.15, 0.2) is 87.2 Å². The molecule has 1 heterocycles. The van der Waals surface area contributed by atoms with Gasteiger partial charge in [0.15, 0.2) is 17.3 Å². The molecular formula is C35H32BrN3O6. The molecule has 0 amide bonds. The van der Waals surface area contributed by atoms with Gasteiger partial charge in [0.05, 0.1) is 36.9 Å². The third-order valence-corrected chi connectivity index (χ3v) is 8.07. The quantitative estimate of drug-likeness (QED) is 0.154. The first-order valence-electron chi connectivity index (χ1n) is 14.2. The molecule has 0 aliphatic rings. The van der Waals surface area contributed by atoms with Crippen LogP contribution in [0.3, 0.4) is 0 Å². The van der Waals surface area contributed by atoms with Gasteiger partial charge in [-0.25, -0.2) is 9.78 Å².